The summed E-state index contributed by atoms with van der Waals surface area (Å²) in [6, 6.07) is 5.80. The van der Waals surface area contributed by atoms with Gasteiger partial charge in [0.05, 0.1) is 18.4 Å². The molecular weight excluding hydrogens is 292 g/mol. The zero-order valence-electron chi connectivity index (χ0n) is 13.8. The van der Waals surface area contributed by atoms with E-state index in [1.165, 1.54) is 17.3 Å². The number of benzene rings is 1. The van der Waals surface area contributed by atoms with Gasteiger partial charge >= 0.3 is 0 Å². The summed E-state index contributed by atoms with van der Waals surface area (Å²) in [6.07, 6.45) is 2.94. The lowest BCUT2D eigenvalue weighted by molar-refractivity contribution is -0.116. The number of nitrogens with zero attached hydrogens (tertiary/aromatic N) is 3. The first-order chi connectivity index (χ1) is 10.9. The lowest BCUT2D eigenvalue weighted by atomic mass is 10.1. The molecule has 1 heterocycles. The van der Waals surface area contributed by atoms with Gasteiger partial charge in [-0.05, 0) is 31.9 Å². The Bertz CT molecular complexity index is 706. The summed E-state index contributed by atoms with van der Waals surface area (Å²) in [7, 11) is 1.56. The Kier molecular flexibility index (Phi) is 5.05. The molecular formula is C17H20N4O2. The molecule has 1 aromatic carbocycles. The molecule has 6 heteroatoms. The summed E-state index contributed by atoms with van der Waals surface area (Å²) in [5.74, 6) is -0.590. The van der Waals surface area contributed by atoms with Crippen molar-refractivity contribution in [2.75, 3.05) is 18.9 Å². The standard InChI is InChI=1S/C17H20N4O2/c1-11-6-5-7-12(2)16(11)20-15(22)10-21(4)17(23)14-9-18-13(3)8-19-14/h5-9H,10H2,1-4H3,(H,20,22). The second-order valence-electron chi connectivity index (χ2n) is 5.52. The van der Waals surface area contributed by atoms with Crippen LogP contribution in [-0.4, -0.2) is 40.3 Å². The third-order valence-electron chi connectivity index (χ3n) is 3.47. The minimum absolute atomic E-state index is 0.0534. The molecule has 0 bridgehead atoms. The van der Waals surface area contributed by atoms with Crippen LogP contribution in [-0.2, 0) is 4.79 Å². The van der Waals surface area contributed by atoms with Crippen LogP contribution < -0.4 is 5.32 Å². The highest BCUT2D eigenvalue weighted by atomic mass is 16.2. The highest BCUT2D eigenvalue weighted by Crippen LogP contribution is 2.19. The fraction of sp³-hybridized carbons (Fsp3) is 0.294. The maximum absolute atomic E-state index is 12.2. The first-order valence-electron chi connectivity index (χ1n) is 7.28. The molecule has 120 valence electrons. The Balaban J connectivity index is 2.02. The lowest BCUT2D eigenvalue weighted by Crippen LogP contribution is -2.35. The number of aryl methyl sites for hydroxylation is 3. The third-order valence-corrected chi connectivity index (χ3v) is 3.47. The van der Waals surface area contributed by atoms with Gasteiger partial charge < -0.3 is 10.2 Å². The second-order valence-corrected chi connectivity index (χ2v) is 5.52. The number of carbonyl (C=O) groups excluding carboxylic acids is 2. The number of nitrogens with one attached hydrogen (secondary N) is 1. The van der Waals surface area contributed by atoms with Crippen LogP contribution in [0.3, 0.4) is 0 Å². The van der Waals surface area contributed by atoms with Crippen LogP contribution in [0.15, 0.2) is 30.6 Å². The Morgan fingerprint density at radius 3 is 2.30 bits per heavy atom. The van der Waals surface area contributed by atoms with E-state index in [4.69, 9.17) is 0 Å². The van der Waals surface area contributed by atoms with Crippen molar-refractivity contribution in [2.45, 2.75) is 20.8 Å². The average molecular weight is 312 g/mol. The van der Waals surface area contributed by atoms with Crippen LogP contribution in [0.5, 0.6) is 0 Å². The van der Waals surface area contributed by atoms with E-state index in [-0.39, 0.29) is 24.1 Å². The van der Waals surface area contributed by atoms with Crippen molar-refractivity contribution in [3.8, 4) is 0 Å². The molecule has 1 N–H and O–H groups in total. The number of likely N-dealkylation sites (N-methyl/N-ethyl adjacent to an activating group) is 1. The van der Waals surface area contributed by atoms with Crippen LogP contribution in [0, 0.1) is 20.8 Å². The maximum atomic E-state index is 12.2. The molecule has 0 unspecified atom stereocenters. The van der Waals surface area contributed by atoms with Gasteiger partial charge in [-0.3, -0.25) is 14.6 Å². The fourth-order valence-corrected chi connectivity index (χ4v) is 2.18. The van der Waals surface area contributed by atoms with Crippen LogP contribution in [0.1, 0.15) is 27.3 Å². The molecule has 23 heavy (non-hydrogen) atoms. The number of rotatable bonds is 4. The van der Waals surface area contributed by atoms with Crippen LogP contribution in [0.4, 0.5) is 5.69 Å². The summed E-state index contributed by atoms with van der Waals surface area (Å²) in [5, 5.41) is 2.86. The highest BCUT2D eigenvalue weighted by molar-refractivity contribution is 5.98. The Morgan fingerprint density at radius 1 is 1.09 bits per heavy atom. The lowest BCUT2D eigenvalue weighted by Gasteiger charge is -2.17. The van der Waals surface area contributed by atoms with E-state index >= 15 is 0 Å². The van der Waals surface area contributed by atoms with E-state index < -0.39 is 0 Å². The van der Waals surface area contributed by atoms with Crippen molar-refractivity contribution in [1.29, 1.82) is 0 Å². The quantitative estimate of drug-likeness (QED) is 0.938. The molecule has 2 aromatic rings. The summed E-state index contributed by atoms with van der Waals surface area (Å²) >= 11 is 0. The highest BCUT2D eigenvalue weighted by Gasteiger charge is 2.17. The van der Waals surface area contributed by atoms with E-state index in [0.717, 1.165) is 22.5 Å². The molecule has 0 aliphatic heterocycles. The average Bonchev–Trinajstić information content (AvgIpc) is 2.51. The molecule has 0 saturated heterocycles. The zero-order chi connectivity index (χ0) is 17.0. The van der Waals surface area contributed by atoms with Gasteiger partial charge in [0.15, 0.2) is 0 Å². The fourth-order valence-electron chi connectivity index (χ4n) is 2.18. The van der Waals surface area contributed by atoms with Gasteiger partial charge in [0.25, 0.3) is 5.91 Å². The van der Waals surface area contributed by atoms with Crippen molar-refractivity contribution in [2.24, 2.45) is 0 Å². The topological polar surface area (TPSA) is 75.2 Å². The molecule has 0 saturated carbocycles. The number of amides is 2. The van der Waals surface area contributed by atoms with Crippen molar-refractivity contribution < 1.29 is 9.59 Å². The monoisotopic (exact) mass is 312 g/mol. The molecule has 0 spiro atoms. The summed E-state index contributed by atoms with van der Waals surface area (Å²) in [5.41, 5.74) is 3.71. The van der Waals surface area contributed by atoms with E-state index in [1.807, 2.05) is 32.0 Å². The number of hydrogen-bond donors (Lipinski definition) is 1. The van der Waals surface area contributed by atoms with E-state index in [1.54, 1.807) is 14.0 Å². The van der Waals surface area contributed by atoms with E-state index in [9.17, 15) is 9.59 Å². The van der Waals surface area contributed by atoms with Gasteiger partial charge in [-0.1, -0.05) is 18.2 Å². The molecule has 2 rings (SSSR count). The van der Waals surface area contributed by atoms with Crippen LogP contribution >= 0.6 is 0 Å². The SMILES string of the molecule is Cc1cnc(C(=O)N(C)CC(=O)Nc2c(C)cccc2C)cn1. The molecule has 2 amide bonds. The number of para-hydroxylation sites is 1. The Morgan fingerprint density at radius 2 is 1.74 bits per heavy atom. The van der Waals surface area contributed by atoms with Crippen molar-refractivity contribution >= 4 is 17.5 Å². The van der Waals surface area contributed by atoms with Gasteiger partial charge in [-0.25, -0.2) is 4.98 Å². The molecule has 0 aliphatic carbocycles. The summed E-state index contributed by atoms with van der Waals surface area (Å²) in [6.45, 7) is 5.60. The van der Waals surface area contributed by atoms with Gasteiger partial charge in [0.1, 0.15) is 5.69 Å². The predicted octanol–water partition coefficient (Wildman–Crippen LogP) is 2.11. The van der Waals surface area contributed by atoms with E-state index in [2.05, 4.69) is 15.3 Å². The summed E-state index contributed by atoms with van der Waals surface area (Å²) < 4.78 is 0. The summed E-state index contributed by atoms with van der Waals surface area (Å²) in [4.78, 5) is 33.8. The number of hydrogen-bond acceptors (Lipinski definition) is 4. The van der Waals surface area contributed by atoms with Crippen molar-refractivity contribution in [3.63, 3.8) is 0 Å². The Labute approximate surface area is 135 Å². The number of anilines is 1. The van der Waals surface area contributed by atoms with Gasteiger partial charge in [-0.2, -0.15) is 0 Å². The van der Waals surface area contributed by atoms with Crippen molar-refractivity contribution in [3.05, 3.63) is 53.1 Å². The molecule has 0 fully saturated rings. The number of carbonyl (C=O) groups is 2. The molecule has 0 radical (unpaired) electrons. The maximum Gasteiger partial charge on any atom is 0.274 e. The first-order valence-corrected chi connectivity index (χ1v) is 7.28. The van der Waals surface area contributed by atoms with Crippen LogP contribution in [0.25, 0.3) is 0 Å². The minimum atomic E-state index is -0.339. The minimum Gasteiger partial charge on any atom is -0.331 e. The third kappa shape index (κ3) is 4.12. The van der Waals surface area contributed by atoms with Gasteiger partial charge in [0.2, 0.25) is 5.91 Å². The molecule has 0 atom stereocenters. The smallest absolute Gasteiger partial charge is 0.274 e. The second kappa shape index (κ2) is 7.00. The number of aromatic nitrogens is 2. The van der Waals surface area contributed by atoms with Gasteiger partial charge in [0, 0.05) is 18.9 Å². The van der Waals surface area contributed by atoms with E-state index in [0.29, 0.717) is 0 Å². The molecule has 1 aromatic heterocycles. The van der Waals surface area contributed by atoms with Crippen LogP contribution in [0.2, 0.25) is 0 Å². The zero-order valence-corrected chi connectivity index (χ0v) is 13.8. The molecule has 0 aliphatic rings. The largest absolute Gasteiger partial charge is 0.331 e. The first kappa shape index (κ1) is 16.6. The van der Waals surface area contributed by atoms with Crippen molar-refractivity contribution in [1.82, 2.24) is 14.9 Å². The normalized spacial score (nSPS) is 10.3. The van der Waals surface area contributed by atoms with Gasteiger partial charge in [-0.15, -0.1) is 0 Å². The Hall–Kier alpha value is -2.76. The predicted molar refractivity (Wildman–Crippen MR) is 88.3 cm³/mol. The molecule has 6 nitrogen and oxygen atoms in total.